The summed E-state index contributed by atoms with van der Waals surface area (Å²) in [5, 5.41) is 13.6. The molecule has 0 aromatic heterocycles. The van der Waals surface area contributed by atoms with Gasteiger partial charge in [0.2, 0.25) is 0 Å². The quantitative estimate of drug-likeness (QED) is 0.681. The zero-order valence-electron chi connectivity index (χ0n) is 13.6. The van der Waals surface area contributed by atoms with Crippen molar-refractivity contribution in [3.63, 3.8) is 0 Å². The number of hydrogen-bond acceptors (Lipinski definition) is 5. The number of non-ortho nitro benzene ring substituents is 1. The van der Waals surface area contributed by atoms with E-state index in [9.17, 15) is 14.9 Å². The summed E-state index contributed by atoms with van der Waals surface area (Å²) in [4.78, 5) is 22.5. The van der Waals surface area contributed by atoms with Gasteiger partial charge >= 0.3 is 0 Å². The van der Waals surface area contributed by atoms with Gasteiger partial charge in [0.05, 0.1) is 23.7 Å². The monoisotopic (exact) mass is 342 g/mol. The van der Waals surface area contributed by atoms with E-state index in [2.05, 4.69) is 5.32 Å². The van der Waals surface area contributed by atoms with Gasteiger partial charge in [-0.1, -0.05) is 18.2 Å². The molecule has 7 nitrogen and oxygen atoms in total. The molecule has 1 saturated heterocycles. The van der Waals surface area contributed by atoms with Crippen LogP contribution in [0.1, 0.15) is 29.1 Å². The molecule has 1 aliphatic heterocycles. The number of nitrogens with zero attached hydrogens (tertiary/aromatic N) is 1. The number of amides is 1. The molecule has 0 bridgehead atoms. The molecule has 7 heteroatoms. The van der Waals surface area contributed by atoms with Crippen LogP contribution in [0.25, 0.3) is 0 Å². The van der Waals surface area contributed by atoms with Crippen LogP contribution >= 0.6 is 0 Å². The number of hydrogen-bond donors (Lipinski definition) is 1. The summed E-state index contributed by atoms with van der Waals surface area (Å²) in [6, 6.07) is 14.7. The maximum atomic E-state index is 12.2. The van der Waals surface area contributed by atoms with Crippen LogP contribution in [0.2, 0.25) is 0 Å². The van der Waals surface area contributed by atoms with E-state index >= 15 is 0 Å². The van der Waals surface area contributed by atoms with Crippen molar-refractivity contribution in [1.29, 1.82) is 0 Å². The lowest BCUT2D eigenvalue weighted by atomic mass is 10.1. The predicted molar refractivity (Wildman–Crippen MR) is 90.0 cm³/mol. The predicted octanol–water partition coefficient (Wildman–Crippen LogP) is 2.83. The molecular formula is C18H18N2O5. The van der Waals surface area contributed by atoms with Crippen LogP contribution in [0.4, 0.5) is 5.69 Å². The van der Waals surface area contributed by atoms with E-state index in [1.54, 1.807) is 36.4 Å². The smallest absolute Gasteiger partial charge is 0.269 e. The van der Waals surface area contributed by atoms with Gasteiger partial charge in [-0.15, -0.1) is 0 Å². The summed E-state index contributed by atoms with van der Waals surface area (Å²) in [7, 11) is 0. The molecule has 1 fully saturated rings. The maximum absolute atomic E-state index is 12.2. The fourth-order valence-electron chi connectivity index (χ4n) is 2.58. The highest BCUT2D eigenvalue weighted by atomic mass is 16.7. The molecule has 3 rings (SSSR count). The van der Waals surface area contributed by atoms with Gasteiger partial charge in [0, 0.05) is 23.3 Å². The van der Waals surface area contributed by atoms with Crippen molar-refractivity contribution in [1.82, 2.24) is 5.32 Å². The lowest BCUT2D eigenvalue weighted by molar-refractivity contribution is -0.384. The third-order valence-corrected chi connectivity index (χ3v) is 4.06. The van der Waals surface area contributed by atoms with Gasteiger partial charge in [-0.05, 0) is 31.2 Å². The lowest BCUT2D eigenvalue weighted by Gasteiger charge is -2.35. The summed E-state index contributed by atoms with van der Waals surface area (Å²) < 4.78 is 11.5. The fourth-order valence-corrected chi connectivity index (χ4v) is 2.58. The van der Waals surface area contributed by atoms with Crippen molar-refractivity contribution in [3.8, 4) is 0 Å². The molecular weight excluding hydrogens is 324 g/mol. The SMILES string of the molecule is CC1O[C@@H](c2ccc([N+](=O)[O-])cc2)OC[C@H]1NC(=O)c1ccccc1. The molecule has 2 aromatic carbocycles. The standard InChI is InChI=1S/C18H18N2O5/c1-12-16(19-17(21)13-5-3-2-4-6-13)11-24-18(25-12)14-7-9-15(10-8-14)20(22)23/h2-10,12,16,18H,11H2,1H3,(H,19,21)/t12?,16-,18+/m1/s1. The van der Waals surface area contributed by atoms with Crippen molar-refractivity contribution in [2.45, 2.75) is 25.4 Å². The van der Waals surface area contributed by atoms with E-state index in [0.29, 0.717) is 17.7 Å². The molecule has 0 spiro atoms. The average molecular weight is 342 g/mol. The van der Waals surface area contributed by atoms with Crippen LogP contribution in [0.5, 0.6) is 0 Å². The third kappa shape index (κ3) is 4.01. The van der Waals surface area contributed by atoms with Gasteiger partial charge in [-0.25, -0.2) is 0 Å². The number of ether oxygens (including phenoxy) is 2. The Kier molecular flexibility index (Phi) is 5.06. The lowest BCUT2D eigenvalue weighted by Crippen LogP contribution is -2.50. The number of nitro benzene ring substituents is 1. The molecule has 1 amide bonds. The first kappa shape index (κ1) is 17.1. The summed E-state index contributed by atoms with van der Waals surface area (Å²) in [5.41, 5.74) is 1.29. The molecule has 25 heavy (non-hydrogen) atoms. The Hall–Kier alpha value is -2.77. The summed E-state index contributed by atoms with van der Waals surface area (Å²) >= 11 is 0. The van der Waals surface area contributed by atoms with Crippen LogP contribution in [0.15, 0.2) is 54.6 Å². The van der Waals surface area contributed by atoms with E-state index in [0.717, 1.165) is 0 Å². The molecule has 0 saturated carbocycles. The number of carbonyl (C=O) groups excluding carboxylic acids is 1. The number of benzene rings is 2. The van der Waals surface area contributed by atoms with Gasteiger partial charge in [-0.3, -0.25) is 14.9 Å². The second-order valence-corrected chi connectivity index (χ2v) is 5.80. The van der Waals surface area contributed by atoms with E-state index in [1.165, 1.54) is 12.1 Å². The van der Waals surface area contributed by atoms with E-state index in [1.807, 2.05) is 13.0 Å². The summed E-state index contributed by atoms with van der Waals surface area (Å²) in [6.45, 7) is 2.15. The van der Waals surface area contributed by atoms with E-state index in [4.69, 9.17) is 9.47 Å². The largest absolute Gasteiger partial charge is 0.346 e. The number of rotatable bonds is 4. The fraction of sp³-hybridized carbons (Fsp3) is 0.278. The van der Waals surface area contributed by atoms with Crippen molar-refractivity contribution < 1.29 is 19.2 Å². The van der Waals surface area contributed by atoms with Crippen LogP contribution < -0.4 is 5.32 Å². The van der Waals surface area contributed by atoms with E-state index in [-0.39, 0.29) is 23.7 Å². The molecule has 1 unspecified atom stereocenters. The highest BCUT2D eigenvalue weighted by Crippen LogP contribution is 2.27. The molecule has 1 heterocycles. The van der Waals surface area contributed by atoms with Crippen LogP contribution in [-0.2, 0) is 9.47 Å². The minimum absolute atomic E-state index is 0.0145. The molecule has 1 aliphatic rings. The van der Waals surface area contributed by atoms with Crippen molar-refractivity contribution in [2.24, 2.45) is 0 Å². The topological polar surface area (TPSA) is 90.7 Å². The second-order valence-electron chi connectivity index (χ2n) is 5.80. The van der Waals surface area contributed by atoms with Crippen molar-refractivity contribution in [2.75, 3.05) is 6.61 Å². The van der Waals surface area contributed by atoms with Gasteiger partial charge in [-0.2, -0.15) is 0 Å². The number of nitrogens with one attached hydrogen (secondary N) is 1. The third-order valence-electron chi connectivity index (χ3n) is 4.06. The minimum Gasteiger partial charge on any atom is -0.346 e. The first-order valence-corrected chi connectivity index (χ1v) is 7.92. The van der Waals surface area contributed by atoms with Crippen molar-refractivity contribution in [3.05, 3.63) is 75.8 Å². The molecule has 2 aromatic rings. The highest BCUT2D eigenvalue weighted by Gasteiger charge is 2.31. The zero-order chi connectivity index (χ0) is 17.8. The van der Waals surface area contributed by atoms with E-state index < -0.39 is 11.2 Å². The normalized spacial score (nSPS) is 23.0. The minimum atomic E-state index is -0.610. The second kappa shape index (κ2) is 7.42. The maximum Gasteiger partial charge on any atom is 0.269 e. The van der Waals surface area contributed by atoms with Gasteiger partial charge in [0.15, 0.2) is 6.29 Å². The van der Waals surface area contributed by atoms with Crippen LogP contribution in [0, 0.1) is 10.1 Å². The van der Waals surface area contributed by atoms with Gasteiger partial charge in [0.1, 0.15) is 0 Å². The van der Waals surface area contributed by atoms with Crippen molar-refractivity contribution >= 4 is 11.6 Å². The number of nitro groups is 1. The Labute approximate surface area is 144 Å². The molecule has 130 valence electrons. The molecule has 0 aliphatic carbocycles. The summed E-state index contributed by atoms with van der Waals surface area (Å²) in [5.74, 6) is -0.182. The average Bonchev–Trinajstić information content (AvgIpc) is 2.64. The first-order chi connectivity index (χ1) is 12.0. The Morgan fingerprint density at radius 1 is 1.16 bits per heavy atom. The summed E-state index contributed by atoms with van der Waals surface area (Å²) in [6.07, 6.45) is -0.873. The number of carbonyl (C=O) groups is 1. The molecule has 0 radical (unpaired) electrons. The van der Waals surface area contributed by atoms with Gasteiger partial charge in [0.25, 0.3) is 11.6 Å². The molecule has 3 atom stereocenters. The Balaban J connectivity index is 1.60. The van der Waals surface area contributed by atoms with Crippen LogP contribution in [0.3, 0.4) is 0 Å². The zero-order valence-corrected chi connectivity index (χ0v) is 13.6. The highest BCUT2D eigenvalue weighted by molar-refractivity contribution is 5.94. The Morgan fingerprint density at radius 3 is 2.44 bits per heavy atom. The Morgan fingerprint density at radius 2 is 1.84 bits per heavy atom. The molecule has 1 N–H and O–H groups in total. The first-order valence-electron chi connectivity index (χ1n) is 7.92. The van der Waals surface area contributed by atoms with Crippen LogP contribution in [-0.4, -0.2) is 29.6 Å². The Bertz CT molecular complexity index is 748. The van der Waals surface area contributed by atoms with Gasteiger partial charge < -0.3 is 14.8 Å².